The van der Waals surface area contributed by atoms with E-state index in [1.165, 1.54) is 31.4 Å². The third-order valence-corrected chi connectivity index (χ3v) is 4.14. The molecule has 1 aromatic rings. The number of alkyl halides is 2. The van der Waals surface area contributed by atoms with Crippen LogP contribution < -0.4 is 9.47 Å². The largest absolute Gasteiger partial charge is 0.493 e. The molecule has 10 heteroatoms. The molecule has 1 aliphatic rings. The van der Waals surface area contributed by atoms with Crippen LogP contribution in [0.3, 0.4) is 0 Å². The van der Waals surface area contributed by atoms with Crippen molar-refractivity contribution < 1.29 is 37.4 Å². The number of methoxy groups -OCH3 is 1. The van der Waals surface area contributed by atoms with Gasteiger partial charge in [0.05, 0.1) is 18.1 Å². The van der Waals surface area contributed by atoms with Crippen molar-refractivity contribution >= 4 is 35.0 Å². The van der Waals surface area contributed by atoms with Crippen LogP contribution in [-0.4, -0.2) is 48.4 Å². The Hall–Kier alpha value is -2.62. The number of carbonyl (C=O) groups excluding carboxylic acids is 3. The van der Waals surface area contributed by atoms with E-state index < -0.39 is 30.3 Å². The predicted octanol–water partition coefficient (Wildman–Crippen LogP) is 3.28. The highest BCUT2D eigenvalue weighted by Crippen LogP contribution is 2.34. The second-order valence-corrected chi connectivity index (χ2v) is 6.59. The molecule has 1 saturated heterocycles. The zero-order valence-corrected chi connectivity index (χ0v) is 15.5. The lowest BCUT2D eigenvalue weighted by Gasteiger charge is -2.13. The molecule has 1 aliphatic heterocycles. The Kier molecular flexibility index (Phi) is 6.78. The Morgan fingerprint density at radius 2 is 1.96 bits per heavy atom. The molecule has 2 rings (SSSR count). The number of ether oxygens (including phenoxy) is 3. The first-order valence-electron chi connectivity index (χ1n) is 7.79. The van der Waals surface area contributed by atoms with Crippen molar-refractivity contribution in [1.82, 2.24) is 4.90 Å². The van der Waals surface area contributed by atoms with Crippen LogP contribution in [0.15, 0.2) is 23.1 Å². The third-order valence-electron chi connectivity index (χ3n) is 3.23. The molecular formula is C17H17F2NO6S. The van der Waals surface area contributed by atoms with Crippen molar-refractivity contribution in [2.45, 2.75) is 26.6 Å². The van der Waals surface area contributed by atoms with E-state index in [-0.39, 0.29) is 22.5 Å². The van der Waals surface area contributed by atoms with Gasteiger partial charge in [0.15, 0.2) is 11.5 Å². The van der Waals surface area contributed by atoms with E-state index in [9.17, 15) is 23.2 Å². The zero-order chi connectivity index (χ0) is 20.1. The topological polar surface area (TPSA) is 82.1 Å². The number of carbonyl (C=O) groups is 3. The van der Waals surface area contributed by atoms with Crippen molar-refractivity contribution in [3.8, 4) is 11.5 Å². The van der Waals surface area contributed by atoms with Gasteiger partial charge in [-0.25, -0.2) is 0 Å². The molecule has 0 atom stereocenters. The van der Waals surface area contributed by atoms with Gasteiger partial charge in [-0.3, -0.25) is 19.3 Å². The second kappa shape index (κ2) is 8.85. The van der Waals surface area contributed by atoms with Gasteiger partial charge in [0.25, 0.3) is 11.1 Å². The van der Waals surface area contributed by atoms with E-state index >= 15 is 0 Å². The monoisotopic (exact) mass is 401 g/mol. The lowest BCUT2D eigenvalue weighted by molar-refractivity contribution is -0.149. The summed E-state index contributed by atoms with van der Waals surface area (Å²) >= 11 is 0.665. The average molecular weight is 401 g/mol. The van der Waals surface area contributed by atoms with Crippen LogP contribution >= 0.6 is 11.8 Å². The summed E-state index contributed by atoms with van der Waals surface area (Å²) in [6.07, 6.45) is 1.03. The van der Waals surface area contributed by atoms with Crippen LogP contribution in [0.2, 0.25) is 0 Å². The summed E-state index contributed by atoms with van der Waals surface area (Å²) in [7, 11) is 1.28. The Bertz CT molecular complexity index is 781. The SMILES string of the molecule is COc1cc(/C=C2\SC(=O)N(CC(=O)OC(C)C)C2=O)ccc1OC(F)F. The number of hydrogen-bond donors (Lipinski definition) is 0. The summed E-state index contributed by atoms with van der Waals surface area (Å²) in [4.78, 5) is 36.9. The smallest absolute Gasteiger partial charge is 0.387 e. The predicted molar refractivity (Wildman–Crippen MR) is 93.5 cm³/mol. The van der Waals surface area contributed by atoms with E-state index in [2.05, 4.69) is 4.74 Å². The van der Waals surface area contributed by atoms with E-state index in [0.29, 0.717) is 17.3 Å². The molecule has 146 valence electrons. The summed E-state index contributed by atoms with van der Waals surface area (Å²) in [6, 6.07) is 4.08. The summed E-state index contributed by atoms with van der Waals surface area (Å²) in [5, 5.41) is -0.600. The number of imide groups is 1. The molecule has 0 N–H and O–H groups in total. The first-order valence-corrected chi connectivity index (χ1v) is 8.60. The highest BCUT2D eigenvalue weighted by Gasteiger charge is 2.36. The molecular weight excluding hydrogens is 384 g/mol. The molecule has 0 unspecified atom stereocenters. The average Bonchev–Trinajstić information content (AvgIpc) is 2.82. The minimum Gasteiger partial charge on any atom is -0.493 e. The fraction of sp³-hybridized carbons (Fsp3) is 0.353. The molecule has 2 amide bonds. The summed E-state index contributed by atoms with van der Waals surface area (Å²) in [6.45, 7) is -0.183. The molecule has 0 aliphatic carbocycles. The Morgan fingerprint density at radius 3 is 2.56 bits per heavy atom. The Labute approximate surface area is 158 Å². The fourth-order valence-electron chi connectivity index (χ4n) is 2.18. The lowest BCUT2D eigenvalue weighted by Crippen LogP contribution is -2.35. The van der Waals surface area contributed by atoms with Crippen molar-refractivity contribution in [2.75, 3.05) is 13.7 Å². The minimum atomic E-state index is -3.01. The van der Waals surface area contributed by atoms with Gasteiger partial charge in [-0.1, -0.05) is 6.07 Å². The Morgan fingerprint density at radius 1 is 1.26 bits per heavy atom. The number of esters is 1. The van der Waals surface area contributed by atoms with Crippen molar-refractivity contribution in [3.63, 3.8) is 0 Å². The maximum atomic E-state index is 12.4. The first kappa shape index (κ1) is 20.7. The number of benzene rings is 1. The molecule has 1 fully saturated rings. The van der Waals surface area contributed by atoms with Crippen LogP contribution in [0, 0.1) is 0 Å². The number of nitrogens with zero attached hydrogens (tertiary/aromatic N) is 1. The molecule has 1 heterocycles. The summed E-state index contributed by atoms with van der Waals surface area (Å²) in [5.74, 6) is -1.45. The molecule has 0 spiro atoms. The first-order chi connectivity index (χ1) is 12.7. The van der Waals surface area contributed by atoms with E-state index in [1.807, 2.05) is 0 Å². The van der Waals surface area contributed by atoms with E-state index in [1.54, 1.807) is 13.8 Å². The number of halogens is 2. The van der Waals surface area contributed by atoms with Crippen molar-refractivity contribution in [1.29, 1.82) is 0 Å². The van der Waals surface area contributed by atoms with Gasteiger partial charge in [0, 0.05) is 0 Å². The molecule has 27 heavy (non-hydrogen) atoms. The Balaban J connectivity index is 2.18. The van der Waals surface area contributed by atoms with Crippen LogP contribution in [0.4, 0.5) is 13.6 Å². The summed E-state index contributed by atoms with van der Waals surface area (Å²) in [5.41, 5.74) is 0.434. The molecule has 7 nitrogen and oxygen atoms in total. The van der Waals surface area contributed by atoms with Gasteiger partial charge in [-0.05, 0) is 49.4 Å². The second-order valence-electron chi connectivity index (χ2n) is 5.60. The summed E-state index contributed by atoms with van der Waals surface area (Å²) < 4.78 is 39.0. The van der Waals surface area contributed by atoms with Crippen LogP contribution in [0.1, 0.15) is 19.4 Å². The van der Waals surface area contributed by atoms with Gasteiger partial charge in [0.2, 0.25) is 0 Å². The molecule has 0 aromatic heterocycles. The highest BCUT2D eigenvalue weighted by atomic mass is 32.2. The van der Waals surface area contributed by atoms with E-state index in [4.69, 9.17) is 9.47 Å². The van der Waals surface area contributed by atoms with Crippen molar-refractivity contribution in [3.05, 3.63) is 28.7 Å². The standard InChI is InChI=1S/C17H17F2NO6S/c1-9(2)25-14(21)8-20-15(22)13(27-17(20)23)7-10-4-5-11(26-16(18)19)12(6-10)24-3/h4-7,9,16H,8H2,1-3H3/b13-7-. The normalized spacial score (nSPS) is 15.8. The minimum absolute atomic E-state index is 0.0452. The molecule has 1 aromatic carbocycles. The van der Waals surface area contributed by atoms with Gasteiger partial charge in [0.1, 0.15) is 6.54 Å². The van der Waals surface area contributed by atoms with Gasteiger partial charge in [-0.2, -0.15) is 8.78 Å². The maximum absolute atomic E-state index is 12.4. The third kappa shape index (κ3) is 5.43. The van der Waals surface area contributed by atoms with Crippen LogP contribution in [0.5, 0.6) is 11.5 Å². The highest BCUT2D eigenvalue weighted by molar-refractivity contribution is 8.18. The number of amides is 2. The lowest BCUT2D eigenvalue weighted by atomic mass is 10.2. The van der Waals surface area contributed by atoms with Gasteiger partial charge < -0.3 is 14.2 Å². The van der Waals surface area contributed by atoms with Gasteiger partial charge >= 0.3 is 12.6 Å². The number of hydrogen-bond acceptors (Lipinski definition) is 7. The maximum Gasteiger partial charge on any atom is 0.387 e. The molecule has 0 bridgehead atoms. The number of rotatable bonds is 7. The quantitative estimate of drug-likeness (QED) is 0.512. The number of thioether (sulfide) groups is 1. The van der Waals surface area contributed by atoms with Crippen LogP contribution in [0.25, 0.3) is 6.08 Å². The molecule has 0 saturated carbocycles. The van der Waals surface area contributed by atoms with Crippen molar-refractivity contribution in [2.24, 2.45) is 0 Å². The fourth-order valence-corrected chi connectivity index (χ4v) is 3.02. The van der Waals surface area contributed by atoms with E-state index in [0.717, 1.165) is 4.90 Å². The zero-order valence-electron chi connectivity index (χ0n) is 14.7. The molecule has 0 radical (unpaired) electrons. The van der Waals surface area contributed by atoms with Gasteiger partial charge in [-0.15, -0.1) is 0 Å². The van der Waals surface area contributed by atoms with Crippen LogP contribution in [-0.2, 0) is 14.3 Å².